The van der Waals surface area contributed by atoms with Crippen molar-refractivity contribution in [2.75, 3.05) is 24.8 Å². The first-order valence-corrected chi connectivity index (χ1v) is 12.1. The standard InChI is InChI=1S/C23H30N2O5S/c1-15(18-10-9-17-7-6-8-19(17)13-18)24-23(26)16(2)25(31(5,27)28)20-11-12-21(29-3)22(14-20)30-4/h9-16H,6-8H2,1-5H3,(H,24,26)/t15-,16+/m0/s1. The summed E-state index contributed by atoms with van der Waals surface area (Å²) in [5, 5.41) is 2.96. The third-order valence-electron chi connectivity index (χ3n) is 5.69. The van der Waals surface area contributed by atoms with E-state index in [2.05, 4.69) is 17.4 Å². The highest BCUT2D eigenvalue weighted by Crippen LogP contribution is 2.33. The van der Waals surface area contributed by atoms with Gasteiger partial charge in [-0.2, -0.15) is 0 Å². The van der Waals surface area contributed by atoms with Crippen LogP contribution in [0.5, 0.6) is 11.5 Å². The molecular formula is C23H30N2O5S. The third kappa shape index (κ3) is 4.95. The molecule has 3 rings (SSSR count). The number of sulfonamides is 1. The van der Waals surface area contributed by atoms with Crippen molar-refractivity contribution < 1.29 is 22.7 Å². The summed E-state index contributed by atoms with van der Waals surface area (Å²) in [6.45, 7) is 3.48. The number of rotatable bonds is 8. The first-order valence-electron chi connectivity index (χ1n) is 10.3. The van der Waals surface area contributed by atoms with E-state index in [0.29, 0.717) is 17.2 Å². The van der Waals surface area contributed by atoms with Crippen molar-refractivity contribution in [3.63, 3.8) is 0 Å². The maximum Gasteiger partial charge on any atom is 0.244 e. The van der Waals surface area contributed by atoms with Crippen LogP contribution in [0.4, 0.5) is 5.69 Å². The second-order valence-corrected chi connectivity index (χ2v) is 9.75. The van der Waals surface area contributed by atoms with Gasteiger partial charge in [0.15, 0.2) is 11.5 Å². The van der Waals surface area contributed by atoms with Gasteiger partial charge in [0.1, 0.15) is 6.04 Å². The zero-order chi connectivity index (χ0) is 22.8. The van der Waals surface area contributed by atoms with Gasteiger partial charge >= 0.3 is 0 Å². The van der Waals surface area contributed by atoms with Crippen molar-refractivity contribution in [3.8, 4) is 11.5 Å². The van der Waals surface area contributed by atoms with Crippen molar-refractivity contribution in [3.05, 3.63) is 53.1 Å². The minimum Gasteiger partial charge on any atom is -0.493 e. The Morgan fingerprint density at radius 3 is 2.32 bits per heavy atom. The fraction of sp³-hybridized carbons (Fsp3) is 0.435. The van der Waals surface area contributed by atoms with E-state index in [1.54, 1.807) is 25.1 Å². The highest BCUT2D eigenvalue weighted by Gasteiger charge is 2.30. The van der Waals surface area contributed by atoms with E-state index in [1.165, 1.54) is 25.3 Å². The summed E-state index contributed by atoms with van der Waals surface area (Å²) in [6, 6.07) is 9.85. The summed E-state index contributed by atoms with van der Waals surface area (Å²) < 4.78 is 36.8. The molecular weight excluding hydrogens is 416 g/mol. The highest BCUT2D eigenvalue weighted by molar-refractivity contribution is 7.92. The summed E-state index contributed by atoms with van der Waals surface area (Å²) in [5.41, 5.74) is 4.04. The van der Waals surface area contributed by atoms with Crippen molar-refractivity contribution in [2.24, 2.45) is 0 Å². The lowest BCUT2D eigenvalue weighted by molar-refractivity contribution is -0.122. The number of methoxy groups -OCH3 is 2. The second-order valence-electron chi connectivity index (χ2n) is 7.89. The molecule has 0 unspecified atom stereocenters. The van der Waals surface area contributed by atoms with Crippen LogP contribution >= 0.6 is 0 Å². The number of hydrogen-bond acceptors (Lipinski definition) is 5. The lowest BCUT2D eigenvalue weighted by Crippen LogP contribution is -2.48. The first-order chi connectivity index (χ1) is 14.7. The zero-order valence-electron chi connectivity index (χ0n) is 18.6. The minimum atomic E-state index is -3.74. The fourth-order valence-corrected chi connectivity index (χ4v) is 5.22. The predicted molar refractivity (Wildman–Crippen MR) is 121 cm³/mol. The molecule has 1 amide bonds. The quantitative estimate of drug-likeness (QED) is 0.673. The second kappa shape index (κ2) is 9.18. The Labute approximate surface area is 184 Å². The van der Waals surface area contributed by atoms with Gasteiger partial charge in [-0.1, -0.05) is 18.2 Å². The molecule has 7 nitrogen and oxygen atoms in total. The molecule has 2 aromatic rings. The monoisotopic (exact) mass is 446 g/mol. The zero-order valence-corrected chi connectivity index (χ0v) is 19.5. The molecule has 2 aromatic carbocycles. The largest absolute Gasteiger partial charge is 0.493 e. The normalized spacial score (nSPS) is 15.0. The Balaban J connectivity index is 1.83. The van der Waals surface area contributed by atoms with Gasteiger partial charge < -0.3 is 14.8 Å². The number of nitrogens with zero attached hydrogens (tertiary/aromatic N) is 1. The molecule has 0 spiro atoms. The maximum atomic E-state index is 13.0. The average Bonchev–Trinajstić information content (AvgIpc) is 3.20. The molecule has 0 fully saturated rings. The molecule has 0 aromatic heterocycles. The van der Waals surface area contributed by atoms with Crippen LogP contribution in [0.25, 0.3) is 0 Å². The Morgan fingerprint density at radius 1 is 1.00 bits per heavy atom. The van der Waals surface area contributed by atoms with Gasteiger partial charge in [-0.3, -0.25) is 9.10 Å². The van der Waals surface area contributed by atoms with Crippen LogP contribution in [-0.4, -0.2) is 40.8 Å². The van der Waals surface area contributed by atoms with Gasteiger partial charge in [-0.05, 0) is 61.9 Å². The SMILES string of the molecule is COc1ccc(N([C@H](C)C(=O)N[C@@H](C)c2ccc3c(c2)CCC3)S(C)(=O)=O)cc1OC. The summed E-state index contributed by atoms with van der Waals surface area (Å²) in [7, 11) is -0.764. The van der Waals surface area contributed by atoms with Gasteiger partial charge in [-0.15, -0.1) is 0 Å². The van der Waals surface area contributed by atoms with Crippen LogP contribution in [0.15, 0.2) is 36.4 Å². The van der Waals surface area contributed by atoms with Crippen LogP contribution in [0.2, 0.25) is 0 Å². The molecule has 0 heterocycles. The molecule has 2 atom stereocenters. The van der Waals surface area contributed by atoms with E-state index in [4.69, 9.17) is 9.47 Å². The number of aryl methyl sites for hydroxylation is 2. The molecule has 1 aliphatic rings. The van der Waals surface area contributed by atoms with E-state index in [0.717, 1.165) is 35.4 Å². The van der Waals surface area contributed by atoms with E-state index in [1.807, 2.05) is 13.0 Å². The Morgan fingerprint density at radius 2 is 1.68 bits per heavy atom. The predicted octanol–water partition coefficient (Wildman–Crippen LogP) is 3.22. The Hall–Kier alpha value is -2.74. The number of hydrogen-bond donors (Lipinski definition) is 1. The number of carbonyl (C=O) groups is 1. The maximum absolute atomic E-state index is 13.0. The van der Waals surface area contributed by atoms with E-state index >= 15 is 0 Å². The number of fused-ring (bicyclic) bond motifs is 1. The van der Waals surface area contributed by atoms with Gasteiger partial charge in [-0.25, -0.2) is 8.42 Å². The molecule has 0 bridgehead atoms. The molecule has 168 valence electrons. The summed E-state index contributed by atoms with van der Waals surface area (Å²) in [6.07, 6.45) is 4.39. The van der Waals surface area contributed by atoms with Crippen LogP contribution in [0, 0.1) is 0 Å². The highest BCUT2D eigenvalue weighted by atomic mass is 32.2. The molecule has 0 aliphatic heterocycles. The number of anilines is 1. The average molecular weight is 447 g/mol. The van der Waals surface area contributed by atoms with Crippen LogP contribution < -0.4 is 19.1 Å². The summed E-state index contributed by atoms with van der Waals surface area (Å²) in [5.74, 6) is 0.475. The fourth-order valence-electron chi connectivity index (χ4n) is 4.05. The lowest BCUT2D eigenvalue weighted by Gasteiger charge is -2.29. The molecule has 1 N–H and O–H groups in total. The molecule has 8 heteroatoms. The molecule has 0 saturated heterocycles. The lowest BCUT2D eigenvalue weighted by atomic mass is 10.0. The van der Waals surface area contributed by atoms with Crippen LogP contribution in [0.1, 0.15) is 43.0 Å². The molecule has 0 radical (unpaired) electrons. The van der Waals surface area contributed by atoms with Crippen LogP contribution in [-0.2, 0) is 27.7 Å². The Bertz CT molecular complexity index is 1070. The number of carbonyl (C=O) groups excluding carboxylic acids is 1. The van der Waals surface area contributed by atoms with E-state index in [-0.39, 0.29) is 11.9 Å². The number of benzene rings is 2. The van der Waals surface area contributed by atoms with Gasteiger partial charge in [0.2, 0.25) is 15.9 Å². The van der Waals surface area contributed by atoms with Crippen LogP contribution in [0.3, 0.4) is 0 Å². The summed E-state index contributed by atoms with van der Waals surface area (Å²) >= 11 is 0. The van der Waals surface area contributed by atoms with Gasteiger partial charge in [0.05, 0.1) is 32.2 Å². The topological polar surface area (TPSA) is 84.9 Å². The minimum absolute atomic E-state index is 0.243. The smallest absolute Gasteiger partial charge is 0.244 e. The van der Waals surface area contributed by atoms with Crippen molar-refractivity contribution in [1.82, 2.24) is 5.32 Å². The molecule has 0 saturated carbocycles. The van der Waals surface area contributed by atoms with Crippen molar-refractivity contribution >= 4 is 21.6 Å². The molecule has 1 aliphatic carbocycles. The Kier molecular flexibility index (Phi) is 6.79. The first kappa shape index (κ1) is 22.9. The molecule has 31 heavy (non-hydrogen) atoms. The number of ether oxygens (including phenoxy) is 2. The summed E-state index contributed by atoms with van der Waals surface area (Å²) in [4.78, 5) is 13.0. The van der Waals surface area contributed by atoms with Crippen molar-refractivity contribution in [1.29, 1.82) is 0 Å². The van der Waals surface area contributed by atoms with Gasteiger partial charge in [0.25, 0.3) is 0 Å². The van der Waals surface area contributed by atoms with E-state index in [9.17, 15) is 13.2 Å². The number of amides is 1. The van der Waals surface area contributed by atoms with Crippen molar-refractivity contribution in [2.45, 2.75) is 45.2 Å². The van der Waals surface area contributed by atoms with E-state index < -0.39 is 16.1 Å². The van der Waals surface area contributed by atoms with Gasteiger partial charge in [0, 0.05) is 6.07 Å². The third-order valence-corrected chi connectivity index (χ3v) is 6.93. The number of nitrogens with one attached hydrogen (secondary N) is 1.